The monoisotopic (exact) mass is 532 g/mol. The molecule has 1 aromatic carbocycles. The number of ether oxygens (including phenoxy) is 2. The summed E-state index contributed by atoms with van der Waals surface area (Å²) >= 11 is 0. The molecule has 0 radical (unpaired) electrons. The molecule has 1 spiro atoms. The van der Waals surface area contributed by atoms with Gasteiger partial charge in [0.05, 0.1) is 19.2 Å². The number of benzene rings is 1. The van der Waals surface area contributed by atoms with Gasteiger partial charge in [-0.25, -0.2) is 4.98 Å². The van der Waals surface area contributed by atoms with Crippen molar-refractivity contribution in [3.8, 4) is 23.0 Å². The van der Waals surface area contributed by atoms with Crippen molar-refractivity contribution in [1.82, 2.24) is 14.8 Å². The molecule has 0 N–H and O–H groups in total. The lowest BCUT2D eigenvalue weighted by Gasteiger charge is -2.53. The molecule has 4 heterocycles. The number of pyridine rings is 1. The maximum absolute atomic E-state index is 6.28. The van der Waals surface area contributed by atoms with Crippen molar-refractivity contribution < 1.29 is 13.9 Å². The molecule has 0 amide bonds. The number of rotatable bonds is 9. The van der Waals surface area contributed by atoms with Crippen LogP contribution in [0.5, 0.6) is 11.5 Å². The highest BCUT2D eigenvalue weighted by Gasteiger charge is 2.44. The van der Waals surface area contributed by atoms with E-state index in [4.69, 9.17) is 18.9 Å². The maximum Gasteiger partial charge on any atom is 0.163 e. The number of likely N-dealkylation sites (tertiary alicyclic amines) is 2. The Morgan fingerprint density at radius 1 is 1.08 bits per heavy atom. The van der Waals surface area contributed by atoms with Gasteiger partial charge in [-0.3, -0.25) is 0 Å². The summed E-state index contributed by atoms with van der Waals surface area (Å²) in [6, 6.07) is 10.9. The topological polar surface area (TPSA) is 54.2 Å². The fraction of sp³-hybridized carbons (Fsp3) is 0.594. The molecule has 2 aromatic heterocycles. The van der Waals surface area contributed by atoms with Gasteiger partial charge < -0.3 is 28.6 Å². The minimum absolute atomic E-state index is 0.505. The van der Waals surface area contributed by atoms with Gasteiger partial charge in [0.2, 0.25) is 0 Å². The number of fused-ring (bicyclic) bond motifs is 1. The van der Waals surface area contributed by atoms with E-state index in [1.54, 1.807) is 7.11 Å². The second kappa shape index (κ2) is 11.0. The summed E-state index contributed by atoms with van der Waals surface area (Å²) in [6.45, 7) is 8.67. The number of nitrogens with zero attached hydrogens (tertiary/aromatic N) is 4. The van der Waals surface area contributed by atoms with Crippen molar-refractivity contribution in [3.63, 3.8) is 0 Å². The molecular formula is C32H44N4O3. The van der Waals surface area contributed by atoms with E-state index in [-0.39, 0.29) is 0 Å². The van der Waals surface area contributed by atoms with Crippen LogP contribution in [0.15, 0.2) is 34.7 Å². The zero-order valence-corrected chi connectivity index (χ0v) is 24.2. The summed E-state index contributed by atoms with van der Waals surface area (Å²) in [5, 5.41) is 1.09. The number of hydrogen-bond donors (Lipinski definition) is 0. The predicted octanol–water partition coefficient (Wildman–Crippen LogP) is 5.99. The van der Waals surface area contributed by atoms with Crippen LogP contribution in [-0.2, 0) is 0 Å². The van der Waals surface area contributed by atoms with Crippen LogP contribution in [-0.4, -0.2) is 81.4 Å². The predicted molar refractivity (Wildman–Crippen MR) is 157 cm³/mol. The van der Waals surface area contributed by atoms with E-state index in [0.29, 0.717) is 18.1 Å². The van der Waals surface area contributed by atoms with Crippen molar-refractivity contribution in [2.45, 2.75) is 57.9 Å². The van der Waals surface area contributed by atoms with E-state index in [9.17, 15) is 0 Å². The average Bonchev–Trinajstić information content (AvgIpc) is 3.61. The number of aromatic nitrogens is 1. The van der Waals surface area contributed by atoms with Crippen LogP contribution in [0, 0.1) is 12.3 Å². The molecule has 3 fully saturated rings. The smallest absolute Gasteiger partial charge is 0.163 e. The summed E-state index contributed by atoms with van der Waals surface area (Å²) in [4.78, 5) is 12.5. The first kappa shape index (κ1) is 26.5. The Morgan fingerprint density at radius 3 is 2.51 bits per heavy atom. The highest BCUT2D eigenvalue weighted by Crippen LogP contribution is 2.46. The van der Waals surface area contributed by atoms with Crippen molar-refractivity contribution in [2.24, 2.45) is 5.41 Å². The standard InChI is InChI=1S/C32H44N4O3/c1-23-8-9-29(39-23)27-19-28(35(3)24-10-12-32(13-11-24)21-34(2)22-32)25-18-30(37-4)31(20-26(25)33-27)38-17-7-16-36-14-5-6-15-36/h8-9,18-20,24H,5-7,10-17,21-22H2,1-4H3. The van der Waals surface area contributed by atoms with E-state index in [2.05, 4.69) is 47.0 Å². The van der Waals surface area contributed by atoms with Crippen LogP contribution in [0.4, 0.5) is 5.69 Å². The average molecular weight is 533 g/mol. The molecule has 2 aliphatic heterocycles. The number of anilines is 1. The number of hydrogen-bond acceptors (Lipinski definition) is 7. The van der Waals surface area contributed by atoms with E-state index in [0.717, 1.165) is 52.6 Å². The zero-order chi connectivity index (χ0) is 27.0. The Balaban J connectivity index is 1.28. The van der Waals surface area contributed by atoms with E-state index in [1.807, 2.05) is 19.1 Å². The van der Waals surface area contributed by atoms with Gasteiger partial charge in [-0.05, 0) is 102 Å². The van der Waals surface area contributed by atoms with Gasteiger partial charge in [0.25, 0.3) is 0 Å². The molecular weight excluding hydrogens is 488 g/mol. The van der Waals surface area contributed by atoms with E-state index < -0.39 is 0 Å². The van der Waals surface area contributed by atoms with Crippen LogP contribution in [0.3, 0.4) is 0 Å². The molecule has 1 saturated carbocycles. The van der Waals surface area contributed by atoms with Crippen LogP contribution >= 0.6 is 0 Å². The van der Waals surface area contributed by atoms with Gasteiger partial charge in [-0.2, -0.15) is 0 Å². The second-order valence-corrected chi connectivity index (χ2v) is 12.2. The summed E-state index contributed by atoms with van der Waals surface area (Å²) in [5.41, 5.74) is 3.49. The number of aryl methyl sites for hydroxylation is 1. The quantitative estimate of drug-likeness (QED) is 0.314. The zero-order valence-electron chi connectivity index (χ0n) is 24.2. The van der Waals surface area contributed by atoms with Crippen LogP contribution in [0.2, 0.25) is 0 Å². The molecule has 210 valence electrons. The highest BCUT2D eigenvalue weighted by molar-refractivity contribution is 5.96. The van der Waals surface area contributed by atoms with Gasteiger partial charge in [0.15, 0.2) is 17.3 Å². The molecule has 0 bridgehead atoms. The highest BCUT2D eigenvalue weighted by atomic mass is 16.5. The van der Waals surface area contributed by atoms with Gasteiger partial charge in [0, 0.05) is 49.9 Å². The van der Waals surface area contributed by atoms with E-state index in [1.165, 1.54) is 70.4 Å². The molecule has 2 saturated heterocycles. The van der Waals surface area contributed by atoms with Crippen LogP contribution in [0.1, 0.15) is 50.7 Å². The Hall–Kier alpha value is -2.77. The number of furan rings is 1. The Labute approximate surface area is 233 Å². The Morgan fingerprint density at radius 2 is 1.85 bits per heavy atom. The third-order valence-electron chi connectivity index (χ3n) is 9.29. The summed E-state index contributed by atoms with van der Waals surface area (Å²) in [6.07, 6.45) is 8.69. The second-order valence-electron chi connectivity index (χ2n) is 12.2. The van der Waals surface area contributed by atoms with Crippen LogP contribution < -0.4 is 14.4 Å². The van der Waals surface area contributed by atoms with Gasteiger partial charge in [0.1, 0.15) is 11.5 Å². The lowest BCUT2D eigenvalue weighted by Crippen LogP contribution is -2.57. The Kier molecular flexibility index (Phi) is 7.47. The van der Waals surface area contributed by atoms with Crippen molar-refractivity contribution in [2.75, 3.05) is 65.4 Å². The summed E-state index contributed by atoms with van der Waals surface area (Å²) in [5.74, 6) is 3.21. The third kappa shape index (κ3) is 5.48. The third-order valence-corrected chi connectivity index (χ3v) is 9.29. The first-order valence-electron chi connectivity index (χ1n) is 14.8. The minimum Gasteiger partial charge on any atom is -0.493 e. The van der Waals surface area contributed by atoms with E-state index >= 15 is 0 Å². The molecule has 7 nitrogen and oxygen atoms in total. The Bertz CT molecular complexity index is 1280. The summed E-state index contributed by atoms with van der Waals surface area (Å²) < 4.78 is 18.1. The van der Waals surface area contributed by atoms with Gasteiger partial charge in [-0.1, -0.05) is 0 Å². The molecule has 7 heteroatoms. The molecule has 6 rings (SSSR count). The molecule has 3 aromatic rings. The molecule has 1 aliphatic carbocycles. The number of methoxy groups -OCH3 is 1. The minimum atomic E-state index is 0.505. The molecule has 3 aliphatic rings. The first-order valence-corrected chi connectivity index (χ1v) is 14.8. The largest absolute Gasteiger partial charge is 0.493 e. The van der Waals surface area contributed by atoms with Crippen molar-refractivity contribution in [3.05, 3.63) is 36.1 Å². The molecule has 0 atom stereocenters. The SMILES string of the molecule is COc1cc2c(N(C)C3CCC4(CC3)CN(C)C4)cc(-c3ccc(C)o3)nc2cc1OCCCN1CCCC1. The lowest BCUT2D eigenvalue weighted by atomic mass is 9.67. The fourth-order valence-electron chi connectivity index (χ4n) is 7.17. The summed E-state index contributed by atoms with van der Waals surface area (Å²) in [7, 11) is 6.21. The first-order chi connectivity index (χ1) is 18.9. The van der Waals surface area contributed by atoms with Crippen LogP contribution in [0.25, 0.3) is 22.4 Å². The van der Waals surface area contributed by atoms with Crippen molar-refractivity contribution in [1.29, 1.82) is 0 Å². The molecule has 39 heavy (non-hydrogen) atoms. The van der Waals surface area contributed by atoms with Gasteiger partial charge in [-0.15, -0.1) is 0 Å². The maximum atomic E-state index is 6.28. The molecule has 0 unspecified atom stereocenters. The normalized spacial score (nSPS) is 20.0. The lowest BCUT2D eigenvalue weighted by molar-refractivity contribution is -0.0134. The van der Waals surface area contributed by atoms with Crippen molar-refractivity contribution >= 4 is 16.6 Å². The van der Waals surface area contributed by atoms with Gasteiger partial charge >= 0.3 is 0 Å². The fourth-order valence-corrected chi connectivity index (χ4v) is 7.17.